The summed E-state index contributed by atoms with van der Waals surface area (Å²) in [6.45, 7) is 7.25. The van der Waals surface area contributed by atoms with Gasteiger partial charge in [0.05, 0.1) is 14.2 Å². The molecule has 1 heterocycles. The van der Waals surface area contributed by atoms with E-state index in [9.17, 15) is 0 Å². The second-order valence-corrected chi connectivity index (χ2v) is 6.13. The summed E-state index contributed by atoms with van der Waals surface area (Å²) in [5.74, 6) is 1.69. The summed E-state index contributed by atoms with van der Waals surface area (Å²) in [5, 5.41) is 3.64. The number of rotatable bonds is 6. The van der Waals surface area contributed by atoms with Gasteiger partial charge in [0.2, 0.25) is 0 Å². The molecule has 1 unspecified atom stereocenters. The molecule has 0 saturated carbocycles. The first-order chi connectivity index (χ1) is 10.1. The Hall–Kier alpha value is -1.26. The van der Waals surface area contributed by atoms with Crippen LogP contribution in [0.15, 0.2) is 18.2 Å². The molecule has 21 heavy (non-hydrogen) atoms. The zero-order valence-corrected chi connectivity index (χ0v) is 13.6. The van der Waals surface area contributed by atoms with Gasteiger partial charge in [-0.05, 0) is 31.2 Å². The molecule has 118 valence electrons. The van der Waals surface area contributed by atoms with Crippen molar-refractivity contribution in [2.24, 2.45) is 5.41 Å². The van der Waals surface area contributed by atoms with E-state index in [-0.39, 0.29) is 6.04 Å². The molecule has 1 atom stereocenters. The van der Waals surface area contributed by atoms with E-state index in [2.05, 4.69) is 25.2 Å². The Morgan fingerprint density at radius 2 is 1.95 bits per heavy atom. The molecule has 4 heteroatoms. The average molecular weight is 293 g/mol. The highest BCUT2D eigenvalue weighted by atomic mass is 16.5. The lowest BCUT2D eigenvalue weighted by molar-refractivity contribution is 0.0230. The van der Waals surface area contributed by atoms with Gasteiger partial charge in [0.25, 0.3) is 0 Å². The first-order valence-electron chi connectivity index (χ1n) is 7.61. The number of ether oxygens (including phenoxy) is 3. The fraction of sp³-hybridized carbons (Fsp3) is 0.647. The maximum atomic E-state index is 5.49. The summed E-state index contributed by atoms with van der Waals surface area (Å²) in [7, 11) is 3.37. The number of nitrogens with one attached hydrogen (secondary N) is 1. The van der Waals surface area contributed by atoms with Gasteiger partial charge in [-0.3, -0.25) is 0 Å². The lowest BCUT2D eigenvalue weighted by Gasteiger charge is -2.35. The lowest BCUT2D eigenvalue weighted by Crippen LogP contribution is -2.37. The average Bonchev–Trinajstić information content (AvgIpc) is 2.52. The Bertz CT molecular complexity index is 455. The molecule has 0 bridgehead atoms. The molecular formula is C17H27NO3. The topological polar surface area (TPSA) is 39.7 Å². The molecule has 0 aliphatic carbocycles. The number of methoxy groups -OCH3 is 2. The van der Waals surface area contributed by atoms with Crippen LogP contribution in [0, 0.1) is 5.41 Å². The molecule has 0 aromatic heterocycles. The summed E-state index contributed by atoms with van der Waals surface area (Å²) >= 11 is 0. The number of hydrogen-bond acceptors (Lipinski definition) is 4. The molecule has 4 nitrogen and oxygen atoms in total. The lowest BCUT2D eigenvalue weighted by atomic mass is 9.82. The second-order valence-electron chi connectivity index (χ2n) is 6.13. The van der Waals surface area contributed by atoms with Crippen LogP contribution < -0.4 is 14.8 Å². The van der Waals surface area contributed by atoms with Crippen molar-refractivity contribution in [2.45, 2.75) is 32.7 Å². The summed E-state index contributed by atoms with van der Waals surface area (Å²) in [4.78, 5) is 0. The van der Waals surface area contributed by atoms with Crippen LogP contribution >= 0.6 is 0 Å². The molecular weight excluding hydrogens is 266 g/mol. The summed E-state index contributed by atoms with van der Waals surface area (Å²) in [6, 6.07) is 6.22. The zero-order chi connectivity index (χ0) is 15.3. The minimum atomic E-state index is 0.241. The van der Waals surface area contributed by atoms with Crippen molar-refractivity contribution in [3.05, 3.63) is 23.8 Å². The first-order valence-corrected chi connectivity index (χ1v) is 7.61. The predicted molar refractivity (Wildman–Crippen MR) is 84.1 cm³/mol. The Morgan fingerprint density at radius 3 is 2.57 bits per heavy atom. The monoisotopic (exact) mass is 293 g/mol. The second kappa shape index (κ2) is 7.14. The van der Waals surface area contributed by atoms with Gasteiger partial charge in [-0.2, -0.15) is 0 Å². The Labute approximate surface area is 127 Å². The Kier molecular flexibility index (Phi) is 5.48. The normalized spacial score (nSPS) is 19.0. The van der Waals surface area contributed by atoms with Crippen LogP contribution in [-0.4, -0.2) is 34.0 Å². The highest BCUT2D eigenvalue weighted by molar-refractivity contribution is 5.42. The maximum absolute atomic E-state index is 5.49. The third kappa shape index (κ3) is 4.11. The van der Waals surface area contributed by atoms with E-state index in [1.54, 1.807) is 14.2 Å². The SMILES string of the molecule is COc1ccc(C(C)NCC2(C)CCOCC2)c(OC)c1. The van der Waals surface area contributed by atoms with Crippen molar-refractivity contribution in [3.8, 4) is 11.5 Å². The number of hydrogen-bond donors (Lipinski definition) is 1. The minimum absolute atomic E-state index is 0.241. The summed E-state index contributed by atoms with van der Waals surface area (Å²) < 4.78 is 16.2. The van der Waals surface area contributed by atoms with Crippen molar-refractivity contribution in [1.82, 2.24) is 5.32 Å². The Morgan fingerprint density at radius 1 is 1.24 bits per heavy atom. The van der Waals surface area contributed by atoms with E-state index < -0.39 is 0 Å². The van der Waals surface area contributed by atoms with Crippen molar-refractivity contribution >= 4 is 0 Å². The summed E-state index contributed by atoms with van der Waals surface area (Å²) in [6.07, 6.45) is 2.24. The van der Waals surface area contributed by atoms with E-state index in [1.165, 1.54) is 0 Å². The predicted octanol–water partition coefficient (Wildman–Crippen LogP) is 3.17. The van der Waals surface area contributed by atoms with Gasteiger partial charge in [0, 0.05) is 37.4 Å². The third-order valence-electron chi connectivity index (χ3n) is 4.44. The van der Waals surface area contributed by atoms with Crippen LogP contribution in [0.1, 0.15) is 38.3 Å². The molecule has 1 saturated heterocycles. The number of benzene rings is 1. The van der Waals surface area contributed by atoms with E-state index in [4.69, 9.17) is 14.2 Å². The van der Waals surface area contributed by atoms with Crippen LogP contribution in [0.5, 0.6) is 11.5 Å². The highest BCUT2D eigenvalue weighted by Gasteiger charge is 2.27. The largest absolute Gasteiger partial charge is 0.497 e. The van der Waals surface area contributed by atoms with Crippen molar-refractivity contribution in [3.63, 3.8) is 0 Å². The minimum Gasteiger partial charge on any atom is -0.497 e. The molecule has 0 radical (unpaired) electrons. The van der Waals surface area contributed by atoms with Crippen LogP contribution in [0.4, 0.5) is 0 Å². The molecule has 1 aliphatic heterocycles. The van der Waals surface area contributed by atoms with Gasteiger partial charge < -0.3 is 19.5 Å². The van der Waals surface area contributed by atoms with Crippen molar-refractivity contribution < 1.29 is 14.2 Å². The van der Waals surface area contributed by atoms with Crippen LogP contribution in [0.25, 0.3) is 0 Å². The maximum Gasteiger partial charge on any atom is 0.127 e. The molecule has 0 amide bonds. The van der Waals surface area contributed by atoms with Gasteiger partial charge in [-0.1, -0.05) is 13.0 Å². The smallest absolute Gasteiger partial charge is 0.127 e. The van der Waals surface area contributed by atoms with Gasteiger partial charge in [0.15, 0.2) is 0 Å². The zero-order valence-electron chi connectivity index (χ0n) is 13.6. The first kappa shape index (κ1) is 16.1. The summed E-state index contributed by atoms with van der Waals surface area (Å²) in [5.41, 5.74) is 1.49. The van der Waals surface area contributed by atoms with E-state index in [0.29, 0.717) is 5.41 Å². The van der Waals surface area contributed by atoms with Crippen molar-refractivity contribution in [1.29, 1.82) is 0 Å². The van der Waals surface area contributed by atoms with Crippen molar-refractivity contribution in [2.75, 3.05) is 34.0 Å². The van der Waals surface area contributed by atoms with E-state index >= 15 is 0 Å². The van der Waals surface area contributed by atoms with Gasteiger partial charge >= 0.3 is 0 Å². The molecule has 1 aromatic carbocycles. The molecule has 1 aliphatic rings. The molecule has 1 aromatic rings. The Balaban J connectivity index is 2.01. The molecule has 1 N–H and O–H groups in total. The van der Waals surface area contributed by atoms with Gasteiger partial charge in [-0.25, -0.2) is 0 Å². The van der Waals surface area contributed by atoms with Crippen LogP contribution in [0.3, 0.4) is 0 Å². The third-order valence-corrected chi connectivity index (χ3v) is 4.44. The molecule has 2 rings (SSSR count). The fourth-order valence-corrected chi connectivity index (χ4v) is 2.73. The quantitative estimate of drug-likeness (QED) is 0.874. The highest BCUT2D eigenvalue weighted by Crippen LogP contribution is 2.32. The fourth-order valence-electron chi connectivity index (χ4n) is 2.73. The molecule has 0 spiro atoms. The van der Waals surface area contributed by atoms with E-state index in [0.717, 1.165) is 49.7 Å². The van der Waals surface area contributed by atoms with Crippen LogP contribution in [-0.2, 0) is 4.74 Å². The van der Waals surface area contributed by atoms with Gasteiger partial charge in [0.1, 0.15) is 11.5 Å². The molecule has 1 fully saturated rings. The van der Waals surface area contributed by atoms with Crippen LogP contribution in [0.2, 0.25) is 0 Å². The van der Waals surface area contributed by atoms with Gasteiger partial charge in [-0.15, -0.1) is 0 Å². The van der Waals surface area contributed by atoms with E-state index in [1.807, 2.05) is 12.1 Å². The standard InChI is InChI=1S/C17H27NO3/c1-13(18-12-17(2)7-9-21-10-8-17)15-6-5-14(19-3)11-16(15)20-4/h5-6,11,13,18H,7-10,12H2,1-4H3.